The molecule has 1 aromatic heterocycles. The van der Waals surface area contributed by atoms with Gasteiger partial charge in [0.1, 0.15) is 11.4 Å². The average Bonchev–Trinajstić information content (AvgIpc) is 3.04. The molecule has 3 rings (SSSR count). The number of H-pyrrole nitrogens is 1. The molecule has 1 heterocycles. The molecule has 22 heavy (non-hydrogen) atoms. The maximum absolute atomic E-state index is 12.4. The third kappa shape index (κ3) is 2.61. The van der Waals surface area contributed by atoms with Crippen LogP contribution in [-0.4, -0.2) is 28.6 Å². The third-order valence-corrected chi connectivity index (χ3v) is 3.32. The molecule has 3 aromatic rings. The Bertz CT molecular complexity index is 852. The fourth-order valence-electron chi connectivity index (χ4n) is 2.23. The van der Waals surface area contributed by atoms with Crippen LogP contribution in [0.15, 0.2) is 48.5 Å². The number of nitrogens with one attached hydrogen (secondary N) is 1. The van der Waals surface area contributed by atoms with E-state index in [1.807, 2.05) is 36.4 Å². The van der Waals surface area contributed by atoms with Gasteiger partial charge in [-0.1, -0.05) is 36.4 Å². The molecule has 0 saturated carbocycles. The Kier molecular flexibility index (Phi) is 3.70. The van der Waals surface area contributed by atoms with E-state index in [2.05, 4.69) is 10.2 Å². The van der Waals surface area contributed by atoms with Crippen molar-refractivity contribution in [2.45, 2.75) is 6.92 Å². The first kappa shape index (κ1) is 14.0. The van der Waals surface area contributed by atoms with Crippen molar-refractivity contribution >= 4 is 22.5 Å². The Labute approximate surface area is 126 Å². The van der Waals surface area contributed by atoms with Crippen molar-refractivity contribution in [2.75, 3.05) is 6.61 Å². The van der Waals surface area contributed by atoms with E-state index in [1.165, 1.54) is 6.07 Å². The largest absolute Gasteiger partial charge is 0.461 e. The molecule has 0 amide bonds. The number of carbonyl (C=O) groups excluding carboxylic acids is 2. The summed E-state index contributed by atoms with van der Waals surface area (Å²) in [7, 11) is 0. The fraction of sp³-hybridized carbons (Fsp3) is 0.118. The lowest BCUT2D eigenvalue weighted by molar-refractivity contribution is 0.0519. The van der Waals surface area contributed by atoms with E-state index < -0.39 is 5.97 Å². The predicted molar refractivity (Wildman–Crippen MR) is 81.9 cm³/mol. The van der Waals surface area contributed by atoms with Crippen molar-refractivity contribution in [3.05, 3.63) is 65.5 Å². The van der Waals surface area contributed by atoms with Gasteiger partial charge in [0.25, 0.3) is 0 Å². The highest BCUT2D eigenvalue weighted by atomic mass is 16.5. The molecule has 0 unspecified atom stereocenters. The molecule has 0 bridgehead atoms. The summed E-state index contributed by atoms with van der Waals surface area (Å²) >= 11 is 0. The maximum Gasteiger partial charge on any atom is 0.356 e. The van der Waals surface area contributed by atoms with Crippen LogP contribution in [0.4, 0.5) is 0 Å². The SMILES string of the molecule is CCOC(=O)c1cc(C(=O)c2ccc3ccccc3c2)n[nH]1. The molecule has 0 radical (unpaired) electrons. The normalized spacial score (nSPS) is 10.6. The van der Waals surface area contributed by atoms with Crippen molar-refractivity contribution in [2.24, 2.45) is 0 Å². The number of nitrogens with zero attached hydrogens (tertiary/aromatic N) is 1. The topological polar surface area (TPSA) is 72.1 Å². The number of benzene rings is 2. The van der Waals surface area contributed by atoms with Crippen LogP contribution in [-0.2, 0) is 4.74 Å². The molecule has 0 aliphatic carbocycles. The monoisotopic (exact) mass is 294 g/mol. The summed E-state index contributed by atoms with van der Waals surface area (Å²) in [6, 6.07) is 14.7. The Morgan fingerprint density at radius 2 is 1.86 bits per heavy atom. The van der Waals surface area contributed by atoms with Gasteiger partial charge in [-0.3, -0.25) is 9.89 Å². The zero-order valence-electron chi connectivity index (χ0n) is 12.0. The van der Waals surface area contributed by atoms with E-state index >= 15 is 0 Å². The average molecular weight is 294 g/mol. The van der Waals surface area contributed by atoms with Crippen molar-refractivity contribution in [3.63, 3.8) is 0 Å². The number of hydrogen-bond acceptors (Lipinski definition) is 4. The van der Waals surface area contributed by atoms with Gasteiger partial charge in [0.2, 0.25) is 5.78 Å². The molecule has 2 aromatic carbocycles. The van der Waals surface area contributed by atoms with E-state index in [4.69, 9.17) is 4.74 Å². The second-order valence-corrected chi connectivity index (χ2v) is 4.78. The van der Waals surface area contributed by atoms with Gasteiger partial charge < -0.3 is 4.74 Å². The zero-order valence-corrected chi connectivity index (χ0v) is 12.0. The van der Waals surface area contributed by atoms with Gasteiger partial charge in [-0.15, -0.1) is 0 Å². The number of carbonyl (C=O) groups is 2. The van der Waals surface area contributed by atoms with Crippen LogP contribution in [0.2, 0.25) is 0 Å². The number of esters is 1. The molecule has 0 spiro atoms. The van der Waals surface area contributed by atoms with Crippen LogP contribution in [0, 0.1) is 0 Å². The Balaban J connectivity index is 1.90. The van der Waals surface area contributed by atoms with Gasteiger partial charge in [-0.25, -0.2) is 4.79 Å². The number of fused-ring (bicyclic) bond motifs is 1. The first-order chi connectivity index (χ1) is 10.7. The van der Waals surface area contributed by atoms with Crippen LogP contribution in [0.3, 0.4) is 0 Å². The van der Waals surface area contributed by atoms with Crippen molar-refractivity contribution < 1.29 is 14.3 Å². The summed E-state index contributed by atoms with van der Waals surface area (Å²) in [5, 5.41) is 8.48. The van der Waals surface area contributed by atoms with Crippen molar-refractivity contribution in [3.8, 4) is 0 Å². The highest BCUT2D eigenvalue weighted by molar-refractivity contribution is 6.10. The summed E-state index contributed by atoms with van der Waals surface area (Å²) in [6.45, 7) is 1.99. The predicted octanol–water partition coefficient (Wildman–Crippen LogP) is 2.97. The summed E-state index contributed by atoms with van der Waals surface area (Å²) < 4.78 is 4.86. The minimum atomic E-state index is -0.521. The fourth-order valence-corrected chi connectivity index (χ4v) is 2.23. The van der Waals surface area contributed by atoms with E-state index in [-0.39, 0.29) is 23.8 Å². The van der Waals surface area contributed by atoms with E-state index in [1.54, 1.807) is 13.0 Å². The molecule has 5 heteroatoms. The molecular weight excluding hydrogens is 280 g/mol. The molecule has 1 N–H and O–H groups in total. The van der Waals surface area contributed by atoms with Gasteiger partial charge in [0, 0.05) is 11.6 Å². The highest BCUT2D eigenvalue weighted by Crippen LogP contribution is 2.18. The summed E-state index contributed by atoms with van der Waals surface area (Å²) in [6.07, 6.45) is 0. The second-order valence-electron chi connectivity index (χ2n) is 4.78. The molecular formula is C17H14N2O3. The van der Waals surface area contributed by atoms with Gasteiger partial charge in [0.15, 0.2) is 0 Å². The van der Waals surface area contributed by atoms with Gasteiger partial charge >= 0.3 is 5.97 Å². The van der Waals surface area contributed by atoms with Crippen molar-refractivity contribution in [1.82, 2.24) is 10.2 Å². The Morgan fingerprint density at radius 3 is 2.64 bits per heavy atom. The Hall–Kier alpha value is -2.95. The molecule has 110 valence electrons. The molecule has 0 atom stereocenters. The molecule has 0 fully saturated rings. The summed E-state index contributed by atoms with van der Waals surface area (Å²) in [5.41, 5.74) is 0.893. The summed E-state index contributed by atoms with van der Waals surface area (Å²) in [4.78, 5) is 24.0. The zero-order chi connectivity index (χ0) is 15.5. The molecule has 0 aliphatic heterocycles. The lowest BCUT2D eigenvalue weighted by atomic mass is 10.0. The van der Waals surface area contributed by atoms with Crippen LogP contribution < -0.4 is 0 Å². The van der Waals surface area contributed by atoms with E-state index in [0.29, 0.717) is 5.56 Å². The highest BCUT2D eigenvalue weighted by Gasteiger charge is 2.17. The van der Waals surface area contributed by atoms with Crippen LogP contribution in [0.1, 0.15) is 33.5 Å². The lowest BCUT2D eigenvalue weighted by Gasteiger charge is -2.01. The number of rotatable bonds is 4. The number of aromatic nitrogens is 2. The second kappa shape index (κ2) is 5.81. The maximum atomic E-state index is 12.4. The first-order valence-electron chi connectivity index (χ1n) is 6.95. The standard InChI is InChI=1S/C17H14N2O3/c1-2-22-17(21)15-10-14(18-19-15)16(20)13-8-7-11-5-3-4-6-12(11)9-13/h3-10H,2H2,1H3,(H,18,19). The Morgan fingerprint density at radius 1 is 1.09 bits per heavy atom. The smallest absolute Gasteiger partial charge is 0.356 e. The van der Waals surface area contributed by atoms with E-state index in [0.717, 1.165) is 10.8 Å². The number of aromatic amines is 1. The minimum absolute atomic E-state index is 0.172. The van der Waals surface area contributed by atoms with Gasteiger partial charge in [-0.2, -0.15) is 5.10 Å². The molecule has 5 nitrogen and oxygen atoms in total. The van der Waals surface area contributed by atoms with Crippen LogP contribution in [0.25, 0.3) is 10.8 Å². The minimum Gasteiger partial charge on any atom is -0.461 e. The number of hydrogen-bond donors (Lipinski definition) is 1. The third-order valence-electron chi connectivity index (χ3n) is 3.32. The lowest BCUT2D eigenvalue weighted by Crippen LogP contribution is -2.04. The first-order valence-corrected chi connectivity index (χ1v) is 6.95. The van der Waals surface area contributed by atoms with E-state index in [9.17, 15) is 9.59 Å². The number of ketones is 1. The van der Waals surface area contributed by atoms with Gasteiger partial charge in [0.05, 0.1) is 6.61 Å². The van der Waals surface area contributed by atoms with Crippen LogP contribution >= 0.6 is 0 Å². The molecule has 0 saturated heterocycles. The van der Waals surface area contributed by atoms with Gasteiger partial charge in [-0.05, 0) is 23.8 Å². The number of ether oxygens (including phenoxy) is 1. The summed E-state index contributed by atoms with van der Waals surface area (Å²) in [5.74, 6) is -0.759. The quantitative estimate of drug-likeness (QED) is 0.593. The van der Waals surface area contributed by atoms with Crippen LogP contribution in [0.5, 0.6) is 0 Å². The van der Waals surface area contributed by atoms with Crippen molar-refractivity contribution in [1.29, 1.82) is 0 Å². The molecule has 0 aliphatic rings.